The quantitative estimate of drug-likeness (QED) is 0.763. The van der Waals surface area contributed by atoms with Gasteiger partial charge in [0.05, 0.1) is 0 Å². The third-order valence-corrected chi connectivity index (χ3v) is 3.66. The number of hydrogen-bond acceptors (Lipinski definition) is 3. The Labute approximate surface area is 108 Å². The van der Waals surface area contributed by atoms with Crippen molar-refractivity contribution in [1.82, 2.24) is 10.2 Å². The zero-order valence-electron chi connectivity index (χ0n) is 11.5. The smallest absolute Gasteiger partial charge is 0.287 e. The van der Waals surface area contributed by atoms with Gasteiger partial charge in [-0.2, -0.15) is 0 Å². The van der Waals surface area contributed by atoms with Gasteiger partial charge in [-0.1, -0.05) is 39.5 Å². The van der Waals surface area contributed by atoms with E-state index in [0.717, 1.165) is 25.7 Å². The average Bonchev–Trinajstić information content (AvgIpc) is 2.36. The van der Waals surface area contributed by atoms with Crippen LogP contribution in [0.25, 0.3) is 0 Å². The summed E-state index contributed by atoms with van der Waals surface area (Å²) in [5.41, 5.74) is -0.811. The largest absolute Gasteiger partial charge is 0.329 e. The van der Waals surface area contributed by atoms with E-state index in [9.17, 15) is 9.59 Å². The average molecular weight is 253 g/mol. The molecule has 3 amide bonds. The van der Waals surface area contributed by atoms with Crippen molar-refractivity contribution < 1.29 is 9.59 Å². The molecule has 0 aromatic heterocycles. The molecular formula is C13H23N3O2. The molecule has 1 aliphatic rings. The molecule has 102 valence electrons. The number of rotatable bonds is 6. The highest BCUT2D eigenvalue weighted by atomic mass is 16.2. The van der Waals surface area contributed by atoms with Crippen molar-refractivity contribution >= 4 is 17.8 Å². The minimum Gasteiger partial charge on any atom is -0.287 e. The van der Waals surface area contributed by atoms with Gasteiger partial charge in [-0.25, -0.2) is 4.79 Å². The molecular weight excluding hydrogens is 230 g/mol. The fourth-order valence-electron chi connectivity index (χ4n) is 2.38. The first-order valence-electron chi connectivity index (χ1n) is 6.67. The number of urea groups is 1. The number of carbonyl (C=O) groups excluding carboxylic acids is 2. The van der Waals surface area contributed by atoms with Crippen LogP contribution in [0.5, 0.6) is 0 Å². The molecule has 0 aliphatic carbocycles. The second-order valence-corrected chi connectivity index (χ2v) is 4.96. The topological polar surface area (TPSA) is 73.3 Å². The molecule has 2 N–H and O–H groups in total. The Balaban J connectivity index is 3.00. The molecule has 0 radical (unpaired) electrons. The second kappa shape index (κ2) is 5.98. The summed E-state index contributed by atoms with van der Waals surface area (Å²) in [6.07, 6.45) is 5.03. The summed E-state index contributed by atoms with van der Waals surface area (Å²) in [5, 5.41) is 10.5. The summed E-state index contributed by atoms with van der Waals surface area (Å²) in [4.78, 5) is 25.0. The molecule has 0 atom stereocenters. The summed E-state index contributed by atoms with van der Waals surface area (Å²) in [7, 11) is 1.55. The number of amides is 3. The fraction of sp³-hybridized carbons (Fsp3) is 0.769. The number of amidine groups is 1. The van der Waals surface area contributed by atoms with Gasteiger partial charge >= 0.3 is 6.03 Å². The first-order chi connectivity index (χ1) is 8.49. The van der Waals surface area contributed by atoms with Gasteiger partial charge < -0.3 is 0 Å². The zero-order chi connectivity index (χ0) is 13.8. The monoisotopic (exact) mass is 253 g/mol. The first kappa shape index (κ1) is 14.7. The molecule has 1 saturated heterocycles. The lowest BCUT2D eigenvalue weighted by molar-refractivity contribution is -0.128. The van der Waals surface area contributed by atoms with Crippen molar-refractivity contribution in [2.75, 3.05) is 7.05 Å². The van der Waals surface area contributed by atoms with E-state index < -0.39 is 11.4 Å². The number of carbonyl (C=O) groups is 2. The Morgan fingerprint density at radius 1 is 1.17 bits per heavy atom. The number of imide groups is 1. The van der Waals surface area contributed by atoms with Gasteiger partial charge in [0.2, 0.25) is 5.91 Å². The third-order valence-electron chi connectivity index (χ3n) is 3.66. The van der Waals surface area contributed by atoms with Crippen LogP contribution in [0, 0.1) is 10.8 Å². The van der Waals surface area contributed by atoms with Crippen LogP contribution in [-0.2, 0) is 4.79 Å². The van der Waals surface area contributed by atoms with Crippen molar-refractivity contribution in [3.63, 3.8) is 0 Å². The molecule has 1 fully saturated rings. The first-order valence-corrected chi connectivity index (χ1v) is 6.67. The van der Waals surface area contributed by atoms with Crippen LogP contribution >= 0.6 is 0 Å². The molecule has 0 saturated carbocycles. The Hall–Kier alpha value is -1.39. The van der Waals surface area contributed by atoms with Crippen molar-refractivity contribution in [3.05, 3.63) is 0 Å². The van der Waals surface area contributed by atoms with Gasteiger partial charge in [-0.05, 0) is 12.8 Å². The van der Waals surface area contributed by atoms with Crippen molar-refractivity contribution in [1.29, 1.82) is 5.41 Å². The summed E-state index contributed by atoms with van der Waals surface area (Å²) < 4.78 is 0. The van der Waals surface area contributed by atoms with Crippen LogP contribution in [0.3, 0.4) is 0 Å². The molecule has 0 unspecified atom stereocenters. The summed E-state index contributed by atoms with van der Waals surface area (Å²) in [5.74, 6) is -0.143. The molecule has 0 aromatic rings. The molecule has 1 rings (SSSR count). The normalized spacial score (nSPS) is 19.1. The Bertz CT molecular complexity index is 344. The molecule has 0 bridgehead atoms. The fourth-order valence-corrected chi connectivity index (χ4v) is 2.38. The molecule has 0 spiro atoms. The zero-order valence-corrected chi connectivity index (χ0v) is 11.5. The SMILES string of the molecule is CCCCC1(CCCC)C(=N)N(C)C(=O)NC1=O. The van der Waals surface area contributed by atoms with Gasteiger partial charge in [0.1, 0.15) is 11.3 Å². The Morgan fingerprint density at radius 2 is 1.67 bits per heavy atom. The molecule has 18 heavy (non-hydrogen) atoms. The van der Waals surface area contributed by atoms with E-state index in [-0.39, 0.29) is 11.7 Å². The van der Waals surface area contributed by atoms with E-state index in [2.05, 4.69) is 19.2 Å². The van der Waals surface area contributed by atoms with Crippen LogP contribution in [0.2, 0.25) is 0 Å². The molecule has 5 heteroatoms. The maximum atomic E-state index is 12.2. The van der Waals surface area contributed by atoms with E-state index in [4.69, 9.17) is 5.41 Å². The van der Waals surface area contributed by atoms with Crippen LogP contribution in [0.15, 0.2) is 0 Å². The minimum absolute atomic E-state index is 0.151. The van der Waals surface area contributed by atoms with Gasteiger partial charge in [-0.15, -0.1) is 0 Å². The van der Waals surface area contributed by atoms with E-state index in [1.54, 1.807) is 7.05 Å². The van der Waals surface area contributed by atoms with E-state index >= 15 is 0 Å². The highest BCUT2D eigenvalue weighted by Crippen LogP contribution is 2.35. The van der Waals surface area contributed by atoms with Crippen LogP contribution in [0.4, 0.5) is 4.79 Å². The highest BCUT2D eigenvalue weighted by Gasteiger charge is 2.48. The van der Waals surface area contributed by atoms with Crippen LogP contribution < -0.4 is 5.32 Å². The molecule has 1 aliphatic heterocycles. The minimum atomic E-state index is -0.811. The van der Waals surface area contributed by atoms with Crippen LogP contribution in [0.1, 0.15) is 52.4 Å². The van der Waals surface area contributed by atoms with E-state index in [1.807, 2.05) is 0 Å². The number of unbranched alkanes of at least 4 members (excludes halogenated alkanes) is 2. The lowest BCUT2D eigenvalue weighted by atomic mass is 9.74. The van der Waals surface area contributed by atoms with Gasteiger partial charge in [-0.3, -0.25) is 20.4 Å². The summed E-state index contributed by atoms with van der Waals surface area (Å²) in [6.45, 7) is 4.12. The van der Waals surface area contributed by atoms with Crippen molar-refractivity contribution in [3.8, 4) is 0 Å². The summed E-state index contributed by atoms with van der Waals surface area (Å²) in [6, 6.07) is -0.492. The highest BCUT2D eigenvalue weighted by molar-refractivity contribution is 6.19. The predicted octanol–water partition coefficient (Wildman–Crippen LogP) is 2.51. The Morgan fingerprint density at radius 3 is 2.11 bits per heavy atom. The molecule has 0 aromatic carbocycles. The lowest BCUT2D eigenvalue weighted by Crippen LogP contribution is -2.62. The Kier molecular flexibility index (Phi) is 4.87. The third kappa shape index (κ3) is 2.54. The second-order valence-electron chi connectivity index (χ2n) is 4.96. The standard InChI is InChI=1S/C13H23N3O2/c1-4-6-8-13(9-7-5-2)10(14)16(3)12(18)15-11(13)17/h14H,4-9H2,1-3H3,(H,15,17,18). The van der Waals surface area contributed by atoms with Gasteiger partial charge in [0.15, 0.2) is 0 Å². The lowest BCUT2D eigenvalue weighted by Gasteiger charge is -2.40. The number of nitrogens with one attached hydrogen (secondary N) is 2. The van der Waals surface area contributed by atoms with Crippen molar-refractivity contribution in [2.45, 2.75) is 52.4 Å². The molecule has 5 nitrogen and oxygen atoms in total. The maximum Gasteiger partial charge on any atom is 0.329 e. The van der Waals surface area contributed by atoms with Crippen molar-refractivity contribution in [2.24, 2.45) is 5.41 Å². The van der Waals surface area contributed by atoms with Crippen LogP contribution in [-0.4, -0.2) is 29.7 Å². The predicted molar refractivity (Wildman–Crippen MR) is 70.5 cm³/mol. The number of hydrogen-bond donors (Lipinski definition) is 2. The number of nitrogens with zero attached hydrogens (tertiary/aromatic N) is 1. The van der Waals surface area contributed by atoms with E-state index in [0.29, 0.717) is 12.8 Å². The van der Waals surface area contributed by atoms with Gasteiger partial charge in [0.25, 0.3) is 0 Å². The van der Waals surface area contributed by atoms with E-state index in [1.165, 1.54) is 4.90 Å². The maximum absolute atomic E-state index is 12.2. The molecule has 1 heterocycles. The summed E-state index contributed by atoms with van der Waals surface area (Å²) >= 11 is 0. The van der Waals surface area contributed by atoms with Gasteiger partial charge in [0, 0.05) is 7.05 Å².